The number of aromatic nitrogens is 1. The number of anilines is 1. The lowest BCUT2D eigenvalue weighted by molar-refractivity contribution is -0.117. The van der Waals surface area contributed by atoms with Gasteiger partial charge in [-0.25, -0.2) is 9.59 Å². The molecule has 2 heterocycles. The van der Waals surface area contributed by atoms with E-state index in [4.69, 9.17) is 9.47 Å². The van der Waals surface area contributed by atoms with E-state index in [9.17, 15) is 19.2 Å². The van der Waals surface area contributed by atoms with Crippen LogP contribution in [0.5, 0.6) is 0 Å². The van der Waals surface area contributed by atoms with Gasteiger partial charge in [0.25, 0.3) is 5.91 Å². The summed E-state index contributed by atoms with van der Waals surface area (Å²) in [7, 11) is 2.46. The Bertz CT molecular complexity index is 1210. The number of hydrogen-bond acceptors (Lipinski definition) is 7. The number of amides is 2. The average molecular weight is 479 g/mol. The minimum Gasteiger partial charge on any atom is -0.465 e. The minimum absolute atomic E-state index is 0.0692. The fraction of sp³-hybridized carbons (Fsp3) is 0.280. The third kappa shape index (κ3) is 5.49. The van der Waals surface area contributed by atoms with Gasteiger partial charge in [-0.1, -0.05) is 18.2 Å². The van der Waals surface area contributed by atoms with Crippen LogP contribution in [0.3, 0.4) is 0 Å². The van der Waals surface area contributed by atoms with Gasteiger partial charge in [0.2, 0.25) is 5.91 Å². The van der Waals surface area contributed by atoms with Gasteiger partial charge in [-0.15, -0.1) is 0 Å². The quantitative estimate of drug-likeness (QED) is 0.521. The van der Waals surface area contributed by atoms with Crippen LogP contribution < -0.4 is 5.32 Å². The molecule has 0 spiro atoms. The number of hydrogen-bond donors (Lipinski definition) is 2. The Morgan fingerprint density at radius 2 is 1.51 bits per heavy atom. The largest absolute Gasteiger partial charge is 0.465 e. The first kappa shape index (κ1) is 24.0. The highest BCUT2D eigenvalue weighted by Crippen LogP contribution is 2.19. The summed E-state index contributed by atoms with van der Waals surface area (Å²) >= 11 is 0. The molecule has 0 bridgehead atoms. The van der Waals surface area contributed by atoms with Crippen molar-refractivity contribution >= 4 is 40.3 Å². The van der Waals surface area contributed by atoms with Crippen LogP contribution in [0, 0.1) is 0 Å². The van der Waals surface area contributed by atoms with Crippen molar-refractivity contribution in [1.29, 1.82) is 0 Å². The van der Waals surface area contributed by atoms with E-state index in [1.54, 1.807) is 4.90 Å². The van der Waals surface area contributed by atoms with Crippen molar-refractivity contribution in [2.24, 2.45) is 0 Å². The van der Waals surface area contributed by atoms with Crippen molar-refractivity contribution in [3.63, 3.8) is 0 Å². The van der Waals surface area contributed by atoms with Gasteiger partial charge in [-0.05, 0) is 30.3 Å². The molecule has 2 amide bonds. The molecule has 1 aliphatic heterocycles. The van der Waals surface area contributed by atoms with Crippen LogP contribution in [-0.4, -0.2) is 85.5 Å². The molecule has 35 heavy (non-hydrogen) atoms. The summed E-state index contributed by atoms with van der Waals surface area (Å²) < 4.78 is 9.44. The predicted molar refractivity (Wildman–Crippen MR) is 128 cm³/mol. The number of ether oxygens (including phenoxy) is 2. The molecule has 2 N–H and O–H groups in total. The zero-order valence-electron chi connectivity index (χ0n) is 19.5. The van der Waals surface area contributed by atoms with E-state index in [-0.39, 0.29) is 35.2 Å². The van der Waals surface area contributed by atoms with Gasteiger partial charge in [0.15, 0.2) is 0 Å². The van der Waals surface area contributed by atoms with Crippen molar-refractivity contribution in [3.8, 4) is 0 Å². The van der Waals surface area contributed by atoms with Crippen LogP contribution in [0.4, 0.5) is 5.69 Å². The number of aromatic amines is 1. The first-order valence-electron chi connectivity index (χ1n) is 11.1. The Morgan fingerprint density at radius 1 is 0.886 bits per heavy atom. The van der Waals surface area contributed by atoms with Gasteiger partial charge >= 0.3 is 11.9 Å². The summed E-state index contributed by atoms with van der Waals surface area (Å²) in [5, 5.41) is 3.71. The Morgan fingerprint density at radius 3 is 2.11 bits per heavy atom. The Balaban J connectivity index is 1.34. The average Bonchev–Trinajstić information content (AvgIpc) is 3.32. The molecule has 4 rings (SSSR count). The molecule has 0 aliphatic carbocycles. The van der Waals surface area contributed by atoms with Gasteiger partial charge in [0, 0.05) is 42.8 Å². The molecule has 3 aromatic rings. The monoisotopic (exact) mass is 478 g/mol. The van der Waals surface area contributed by atoms with Crippen LogP contribution in [0.25, 0.3) is 10.9 Å². The van der Waals surface area contributed by atoms with Crippen molar-refractivity contribution in [2.75, 3.05) is 52.3 Å². The van der Waals surface area contributed by atoms with Crippen LogP contribution >= 0.6 is 0 Å². The molecular weight excluding hydrogens is 452 g/mol. The molecule has 182 valence electrons. The van der Waals surface area contributed by atoms with Crippen LogP contribution in [0.15, 0.2) is 48.5 Å². The smallest absolute Gasteiger partial charge is 0.337 e. The fourth-order valence-corrected chi connectivity index (χ4v) is 4.04. The number of para-hydroxylation sites is 1. The summed E-state index contributed by atoms with van der Waals surface area (Å²) in [6.07, 6.45) is 0. The van der Waals surface area contributed by atoms with Crippen LogP contribution in [-0.2, 0) is 14.3 Å². The predicted octanol–water partition coefficient (Wildman–Crippen LogP) is 2.14. The summed E-state index contributed by atoms with van der Waals surface area (Å²) in [5.41, 5.74) is 1.98. The zero-order valence-corrected chi connectivity index (χ0v) is 19.5. The molecule has 1 fully saturated rings. The van der Waals surface area contributed by atoms with E-state index in [1.165, 1.54) is 32.4 Å². The molecule has 0 unspecified atom stereocenters. The molecule has 0 atom stereocenters. The molecular formula is C25H26N4O6. The molecule has 1 aromatic heterocycles. The summed E-state index contributed by atoms with van der Waals surface area (Å²) in [6, 6.07) is 13.8. The van der Waals surface area contributed by atoms with Crippen LogP contribution in [0.1, 0.15) is 31.2 Å². The summed E-state index contributed by atoms with van der Waals surface area (Å²) in [6.45, 7) is 2.16. The first-order valence-corrected chi connectivity index (χ1v) is 11.1. The number of H-pyrrole nitrogens is 1. The topological polar surface area (TPSA) is 121 Å². The molecule has 1 aliphatic rings. The molecule has 10 nitrogen and oxygen atoms in total. The highest BCUT2D eigenvalue weighted by Gasteiger charge is 2.24. The number of carbonyl (C=O) groups excluding carboxylic acids is 4. The minimum atomic E-state index is -0.637. The van der Waals surface area contributed by atoms with E-state index < -0.39 is 11.9 Å². The van der Waals surface area contributed by atoms with Gasteiger partial charge in [0.1, 0.15) is 5.69 Å². The van der Waals surface area contributed by atoms with Gasteiger partial charge in [-0.2, -0.15) is 0 Å². The Labute approximate surface area is 201 Å². The SMILES string of the molecule is COC(=O)c1cc(NC(=O)CN2CCN(C(=O)c3cc4ccccc4[nH]3)CC2)cc(C(=O)OC)c1. The lowest BCUT2D eigenvalue weighted by Crippen LogP contribution is -2.50. The second-order valence-electron chi connectivity index (χ2n) is 8.17. The molecule has 2 aromatic carbocycles. The normalized spacial score (nSPS) is 13.9. The van der Waals surface area contributed by atoms with Gasteiger partial charge in [0.05, 0.1) is 31.9 Å². The van der Waals surface area contributed by atoms with Gasteiger partial charge in [-0.3, -0.25) is 14.5 Å². The zero-order chi connectivity index (χ0) is 24.9. The van der Waals surface area contributed by atoms with Crippen molar-refractivity contribution < 1.29 is 28.7 Å². The van der Waals surface area contributed by atoms with E-state index in [2.05, 4.69) is 10.3 Å². The highest BCUT2D eigenvalue weighted by atomic mass is 16.5. The maximum absolute atomic E-state index is 12.9. The third-order valence-corrected chi connectivity index (χ3v) is 5.85. The second-order valence-corrected chi connectivity index (χ2v) is 8.17. The van der Waals surface area contributed by atoms with Crippen molar-refractivity contribution in [1.82, 2.24) is 14.8 Å². The molecule has 1 saturated heterocycles. The number of nitrogens with zero attached hydrogens (tertiary/aromatic N) is 2. The van der Waals surface area contributed by atoms with E-state index in [0.717, 1.165) is 10.9 Å². The maximum atomic E-state index is 12.9. The summed E-state index contributed by atoms with van der Waals surface area (Å²) in [4.78, 5) is 56.3. The summed E-state index contributed by atoms with van der Waals surface area (Å²) in [5.74, 6) is -1.65. The molecule has 0 radical (unpaired) electrons. The van der Waals surface area contributed by atoms with Crippen molar-refractivity contribution in [3.05, 3.63) is 65.4 Å². The Kier molecular flexibility index (Phi) is 7.11. The molecule has 0 saturated carbocycles. The highest BCUT2D eigenvalue weighted by molar-refractivity contribution is 6.00. The maximum Gasteiger partial charge on any atom is 0.337 e. The van der Waals surface area contributed by atoms with E-state index in [1.807, 2.05) is 35.2 Å². The third-order valence-electron chi connectivity index (χ3n) is 5.85. The Hall–Kier alpha value is -4.18. The lowest BCUT2D eigenvalue weighted by Gasteiger charge is -2.34. The van der Waals surface area contributed by atoms with Gasteiger partial charge < -0.3 is 24.7 Å². The number of piperazine rings is 1. The number of esters is 2. The van der Waals surface area contributed by atoms with E-state index >= 15 is 0 Å². The number of rotatable bonds is 6. The number of methoxy groups -OCH3 is 2. The number of nitrogens with one attached hydrogen (secondary N) is 2. The number of fused-ring (bicyclic) bond motifs is 1. The van der Waals surface area contributed by atoms with E-state index in [0.29, 0.717) is 31.9 Å². The standard InChI is InChI=1S/C25H26N4O6/c1-34-24(32)17-11-18(25(33)35-2)13-19(12-17)26-22(30)15-28-7-9-29(10-8-28)23(31)21-14-16-5-3-4-6-20(16)27-21/h3-6,11-14,27H,7-10,15H2,1-2H3,(H,26,30). The molecule has 10 heteroatoms. The van der Waals surface area contributed by atoms with Crippen molar-refractivity contribution in [2.45, 2.75) is 0 Å². The lowest BCUT2D eigenvalue weighted by atomic mass is 10.1. The number of carbonyl (C=O) groups is 4. The first-order chi connectivity index (χ1) is 16.9. The number of benzene rings is 2. The second kappa shape index (κ2) is 10.4. The fourth-order valence-electron chi connectivity index (χ4n) is 4.04. The van der Waals surface area contributed by atoms with Crippen LogP contribution in [0.2, 0.25) is 0 Å².